The van der Waals surface area contributed by atoms with Crippen LogP contribution in [0.15, 0.2) is 82.1 Å². The molecule has 0 aliphatic carbocycles. The second-order valence-corrected chi connectivity index (χ2v) is 7.88. The van der Waals surface area contributed by atoms with E-state index >= 15 is 0 Å². The van der Waals surface area contributed by atoms with Gasteiger partial charge in [-0.05, 0) is 49.4 Å². The Morgan fingerprint density at radius 3 is 2.31 bits per heavy atom. The molecule has 0 aliphatic heterocycles. The van der Waals surface area contributed by atoms with Gasteiger partial charge in [-0.1, -0.05) is 46.3 Å². The molecule has 4 aromatic rings. The molecule has 1 heterocycles. The maximum Gasteiger partial charge on any atom is 0.270 e. The van der Waals surface area contributed by atoms with E-state index in [-0.39, 0.29) is 28.4 Å². The molecule has 0 aliphatic rings. The molecule has 1 amide bonds. The maximum absolute atomic E-state index is 13.0. The van der Waals surface area contributed by atoms with Crippen molar-refractivity contribution in [3.63, 3.8) is 0 Å². The molecule has 0 radical (unpaired) electrons. The van der Waals surface area contributed by atoms with Crippen LogP contribution in [0.3, 0.4) is 0 Å². The van der Waals surface area contributed by atoms with E-state index in [0.29, 0.717) is 23.0 Å². The minimum Gasteiger partial charge on any atom is -0.289 e. The molecule has 1 aromatic heterocycles. The largest absolute Gasteiger partial charge is 0.289 e. The highest BCUT2D eigenvalue weighted by atomic mass is 79.9. The SMILES string of the molecule is CCn1c(NNC(=O)c2ccccc2C(=O)c2ccc(Br)cc2)nc2ccccc2c1=O. The topological polar surface area (TPSA) is 93.1 Å². The zero-order chi connectivity index (χ0) is 22.7. The number of nitrogens with zero attached hydrogens (tertiary/aromatic N) is 2. The molecule has 4 rings (SSSR count). The van der Waals surface area contributed by atoms with Crippen molar-refractivity contribution >= 4 is 44.5 Å². The number of aromatic nitrogens is 2. The number of carbonyl (C=O) groups excluding carboxylic acids is 2. The van der Waals surface area contributed by atoms with Crippen LogP contribution < -0.4 is 16.4 Å². The molecule has 8 heteroatoms. The van der Waals surface area contributed by atoms with Gasteiger partial charge in [0.25, 0.3) is 11.5 Å². The van der Waals surface area contributed by atoms with Crippen molar-refractivity contribution in [3.8, 4) is 0 Å². The molecule has 2 N–H and O–H groups in total. The van der Waals surface area contributed by atoms with Gasteiger partial charge in [-0.15, -0.1) is 0 Å². The predicted octanol–water partition coefficient (Wildman–Crippen LogP) is 4.17. The number of halogens is 1. The minimum absolute atomic E-state index is 0.208. The highest BCUT2D eigenvalue weighted by Crippen LogP contribution is 2.18. The van der Waals surface area contributed by atoms with Crippen LogP contribution in [-0.2, 0) is 6.54 Å². The normalized spacial score (nSPS) is 10.7. The quantitative estimate of drug-likeness (QED) is 0.312. The highest BCUT2D eigenvalue weighted by Gasteiger charge is 2.19. The zero-order valence-corrected chi connectivity index (χ0v) is 18.7. The first-order valence-electron chi connectivity index (χ1n) is 9.95. The monoisotopic (exact) mass is 490 g/mol. The molecule has 0 bridgehead atoms. The van der Waals surface area contributed by atoms with Gasteiger partial charge in [0.1, 0.15) is 0 Å². The van der Waals surface area contributed by atoms with Gasteiger partial charge in [-0.3, -0.25) is 29.8 Å². The molecule has 0 fully saturated rings. The summed E-state index contributed by atoms with van der Waals surface area (Å²) in [6, 6.07) is 20.5. The van der Waals surface area contributed by atoms with Crippen molar-refractivity contribution in [1.82, 2.24) is 15.0 Å². The molecule has 7 nitrogen and oxygen atoms in total. The van der Waals surface area contributed by atoms with Gasteiger partial charge in [0.15, 0.2) is 5.78 Å². The number of nitrogens with one attached hydrogen (secondary N) is 2. The number of hydrazine groups is 1. The molecule has 0 saturated heterocycles. The van der Waals surface area contributed by atoms with Crippen LogP contribution in [0.5, 0.6) is 0 Å². The molecule has 160 valence electrons. The standard InChI is InChI=1S/C24H19BrN4O3/c1-2-29-23(32)19-9-5-6-10-20(19)26-24(29)28-27-22(31)18-8-4-3-7-17(18)21(30)15-11-13-16(25)14-12-15/h3-14H,2H2,1H3,(H,26,28)(H,27,31). The average molecular weight is 491 g/mol. The summed E-state index contributed by atoms with van der Waals surface area (Å²) in [6.07, 6.45) is 0. The number of rotatable bonds is 6. The third kappa shape index (κ3) is 4.17. The van der Waals surface area contributed by atoms with E-state index in [1.165, 1.54) is 4.57 Å². The number of para-hydroxylation sites is 1. The Labute approximate surface area is 192 Å². The van der Waals surface area contributed by atoms with Crippen LogP contribution in [0.25, 0.3) is 10.9 Å². The second-order valence-electron chi connectivity index (χ2n) is 6.96. The lowest BCUT2D eigenvalue weighted by molar-refractivity contribution is 0.0949. The first-order chi connectivity index (χ1) is 15.5. The summed E-state index contributed by atoms with van der Waals surface area (Å²) in [4.78, 5) is 43.1. The fraction of sp³-hybridized carbons (Fsp3) is 0.0833. The Morgan fingerprint density at radius 1 is 0.938 bits per heavy atom. The third-order valence-electron chi connectivity index (χ3n) is 4.99. The van der Waals surface area contributed by atoms with Crippen LogP contribution in [0.1, 0.15) is 33.2 Å². The highest BCUT2D eigenvalue weighted by molar-refractivity contribution is 9.10. The number of hydrogen-bond donors (Lipinski definition) is 2. The Morgan fingerprint density at radius 2 is 1.59 bits per heavy atom. The first-order valence-corrected chi connectivity index (χ1v) is 10.7. The third-order valence-corrected chi connectivity index (χ3v) is 5.52. The fourth-order valence-corrected chi connectivity index (χ4v) is 3.64. The predicted molar refractivity (Wildman–Crippen MR) is 127 cm³/mol. The first kappa shape index (κ1) is 21.5. The lowest BCUT2D eigenvalue weighted by Gasteiger charge is -2.15. The van der Waals surface area contributed by atoms with Crippen LogP contribution in [0.2, 0.25) is 0 Å². The van der Waals surface area contributed by atoms with Gasteiger partial charge in [0.2, 0.25) is 5.95 Å². The van der Waals surface area contributed by atoms with Crippen LogP contribution in [0.4, 0.5) is 5.95 Å². The second kappa shape index (κ2) is 9.15. The summed E-state index contributed by atoms with van der Waals surface area (Å²) in [5, 5.41) is 0.497. The number of carbonyl (C=O) groups is 2. The molecule has 0 saturated carbocycles. The summed E-state index contributed by atoms with van der Waals surface area (Å²) < 4.78 is 2.29. The molecule has 0 atom stereocenters. The van der Waals surface area contributed by atoms with E-state index in [4.69, 9.17) is 0 Å². The summed E-state index contributed by atoms with van der Waals surface area (Å²) in [7, 11) is 0. The van der Waals surface area contributed by atoms with Gasteiger partial charge in [-0.2, -0.15) is 0 Å². The lowest BCUT2D eigenvalue weighted by Crippen LogP contribution is -2.35. The summed E-state index contributed by atoms with van der Waals surface area (Å²) >= 11 is 3.35. The Hall–Kier alpha value is -3.78. The van der Waals surface area contributed by atoms with Crippen molar-refractivity contribution in [2.45, 2.75) is 13.5 Å². The molecular weight excluding hydrogens is 472 g/mol. The average Bonchev–Trinajstić information content (AvgIpc) is 2.82. The van der Waals surface area contributed by atoms with E-state index < -0.39 is 5.91 Å². The van der Waals surface area contributed by atoms with Gasteiger partial charge in [0, 0.05) is 22.1 Å². The summed E-state index contributed by atoms with van der Waals surface area (Å²) in [5.74, 6) is -0.574. The molecule has 0 unspecified atom stereocenters. The number of benzene rings is 3. The molecular formula is C24H19BrN4O3. The van der Waals surface area contributed by atoms with Crippen molar-refractivity contribution in [2.24, 2.45) is 0 Å². The number of amides is 1. The lowest BCUT2D eigenvalue weighted by atomic mass is 9.98. The molecule has 32 heavy (non-hydrogen) atoms. The van der Waals surface area contributed by atoms with E-state index in [0.717, 1.165) is 4.47 Å². The number of anilines is 1. The van der Waals surface area contributed by atoms with Crippen molar-refractivity contribution in [2.75, 3.05) is 5.43 Å². The van der Waals surface area contributed by atoms with Crippen molar-refractivity contribution in [3.05, 3.63) is 104 Å². The zero-order valence-electron chi connectivity index (χ0n) is 17.1. The van der Waals surface area contributed by atoms with Gasteiger partial charge in [-0.25, -0.2) is 4.98 Å². The minimum atomic E-state index is -0.517. The summed E-state index contributed by atoms with van der Waals surface area (Å²) in [6.45, 7) is 2.19. The van der Waals surface area contributed by atoms with Crippen molar-refractivity contribution in [1.29, 1.82) is 0 Å². The number of fused-ring (bicyclic) bond motifs is 1. The molecule has 0 spiro atoms. The van der Waals surface area contributed by atoms with Gasteiger partial charge in [0.05, 0.1) is 16.5 Å². The number of ketones is 1. The maximum atomic E-state index is 13.0. The summed E-state index contributed by atoms with van der Waals surface area (Å²) in [5.41, 5.74) is 6.57. The van der Waals surface area contributed by atoms with Crippen molar-refractivity contribution < 1.29 is 9.59 Å². The smallest absolute Gasteiger partial charge is 0.270 e. The van der Waals surface area contributed by atoms with E-state index in [1.54, 1.807) is 72.8 Å². The Kier molecular flexibility index (Phi) is 6.13. The fourth-order valence-electron chi connectivity index (χ4n) is 3.37. The Bertz CT molecular complexity index is 1380. The van der Waals surface area contributed by atoms with E-state index in [2.05, 4.69) is 31.8 Å². The number of hydrogen-bond acceptors (Lipinski definition) is 5. The van der Waals surface area contributed by atoms with Crippen LogP contribution in [-0.4, -0.2) is 21.2 Å². The van der Waals surface area contributed by atoms with Gasteiger partial charge < -0.3 is 0 Å². The van der Waals surface area contributed by atoms with Crippen LogP contribution >= 0.6 is 15.9 Å². The van der Waals surface area contributed by atoms with E-state index in [9.17, 15) is 14.4 Å². The van der Waals surface area contributed by atoms with E-state index in [1.807, 2.05) is 6.92 Å². The molecule has 3 aromatic carbocycles. The van der Waals surface area contributed by atoms with Crippen LogP contribution in [0, 0.1) is 0 Å². The Balaban J connectivity index is 1.62. The van der Waals surface area contributed by atoms with Gasteiger partial charge >= 0.3 is 0 Å².